The summed E-state index contributed by atoms with van der Waals surface area (Å²) < 4.78 is 18.3. The highest BCUT2D eigenvalue weighted by atomic mass is 35.5. The van der Waals surface area contributed by atoms with E-state index in [-0.39, 0.29) is 16.3 Å². The first-order valence-corrected chi connectivity index (χ1v) is 6.37. The summed E-state index contributed by atoms with van der Waals surface area (Å²) in [6.45, 7) is 0. The van der Waals surface area contributed by atoms with Gasteiger partial charge in [0.15, 0.2) is 0 Å². The summed E-state index contributed by atoms with van der Waals surface area (Å²) in [5.74, 6) is -0.805. The largest absolute Gasteiger partial charge is 0.496 e. The van der Waals surface area contributed by atoms with E-state index >= 15 is 0 Å². The van der Waals surface area contributed by atoms with Crippen LogP contribution in [0.1, 0.15) is 10.4 Å². The molecular weight excluding hydrogens is 304 g/mol. The number of nitrogens with one attached hydrogen (secondary N) is 1. The Kier molecular flexibility index (Phi) is 4.47. The number of carbonyl (C=O) groups is 1. The molecular formula is C14H10Cl2FNO2. The molecule has 2 rings (SSSR count). The molecule has 0 aliphatic rings. The van der Waals surface area contributed by atoms with Crippen LogP contribution in [0.4, 0.5) is 10.1 Å². The number of methoxy groups -OCH3 is 1. The van der Waals surface area contributed by atoms with E-state index in [1.807, 2.05) is 0 Å². The van der Waals surface area contributed by atoms with Crippen LogP contribution >= 0.6 is 23.2 Å². The summed E-state index contributed by atoms with van der Waals surface area (Å²) in [7, 11) is 1.40. The molecule has 0 saturated heterocycles. The first-order chi connectivity index (χ1) is 9.52. The van der Waals surface area contributed by atoms with E-state index in [0.29, 0.717) is 10.7 Å². The molecule has 0 unspecified atom stereocenters. The second-order valence-electron chi connectivity index (χ2n) is 3.90. The van der Waals surface area contributed by atoms with E-state index in [0.717, 1.165) is 6.07 Å². The van der Waals surface area contributed by atoms with Crippen molar-refractivity contribution in [1.29, 1.82) is 0 Å². The Morgan fingerprint density at radius 2 is 2.00 bits per heavy atom. The quantitative estimate of drug-likeness (QED) is 0.912. The fourth-order valence-corrected chi connectivity index (χ4v) is 2.00. The molecule has 1 amide bonds. The number of benzene rings is 2. The molecule has 6 heteroatoms. The normalized spacial score (nSPS) is 10.2. The van der Waals surface area contributed by atoms with Crippen molar-refractivity contribution in [1.82, 2.24) is 0 Å². The van der Waals surface area contributed by atoms with Crippen LogP contribution in [-0.2, 0) is 0 Å². The zero-order chi connectivity index (χ0) is 14.7. The van der Waals surface area contributed by atoms with Crippen molar-refractivity contribution in [3.8, 4) is 5.75 Å². The zero-order valence-electron chi connectivity index (χ0n) is 10.4. The highest BCUT2D eigenvalue weighted by Gasteiger charge is 2.15. The van der Waals surface area contributed by atoms with Gasteiger partial charge in [-0.15, -0.1) is 0 Å². The van der Waals surface area contributed by atoms with Crippen LogP contribution in [0.3, 0.4) is 0 Å². The van der Waals surface area contributed by atoms with Crippen molar-refractivity contribution in [3.05, 3.63) is 57.8 Å². The molecule has 0 atom stereocenters. The third-order valence-electron chi connectivity index (χ3n) is 2.61. The lowest BCUT2D eigenvalue weighted by atomic mass is 10.1. The maximum absolute atomic E-state index is 13.2. The average Bonchev–Trinajstić information content (AvgIpc) is 2.43. The second kappa shape index (κ2) is 6.11. The second-order valence-corrected chi connectivity index (χ2v) is 4.69. The summed E-state index contributed by atoms with van der Waals surface area (Å²) in [6.07, 6.45) is 0. The van der Waals surface area contributed by atoms with Crippen molar-refractivity contribution in [2.24, 2.45) is 0 Å². The Bertz CT molecular complexity index is 662. The minimum atomic E-state index is -0.537. The van der Waals surface area contributed by atoms with Gasteiger partial charge in [-0.1, -0.05) is 29.3 Å². The Morgan fingerprint density at radius 3 is 2.70 bits per heavy atom. The number of carbonyl (C=O) groups excluding carboxylic acids is 1. The van der Waals surface area contributed by atoms with Crippen LogP contribution in [0.15, 0.2) is 36.4 Å². The molecule has 104 valence electrons. The highest BCUT2D eigenvalue weighted by molar-refractivity contribution is 6.44. The molecule has 0 spiro atoms. The zero-order valence-corrected chi connectivity index (χ0v) is 11.9. The van der Waals surface area contributed by atoms with Crippen LogP contribution < -0.4 is 10.1 Å². The maximum atomic E-state index is 13.2. The van der Waals surface area contributed by atoms with Gasteiger partial charge >= 0.3 is 0 Å². The number of hydrogen-bond donors (Lipinski definition) is 1. The first-order valence-electron chi connectivity index (χ1n) is 5.62. The predicted octanol–water partition coefficient (Wildman–Crippen LogP) is 4.39. The van der Waals surface area contributed by atoms with E-state index in [1.165, 1.54) is 19.2 Å². The summed E-state index contributed by atoms with van der Waals surface area (Å²) in [5.41, 5.74) is 0.416. The van der Waals surface area contributed by atoms with Gasteiger partial charge in [0.2, 0.25) is 0 Å². The number of halogens is 3. The maximum Gasteiger partial charge on any atom is 0.259 e. The molecule has 0 saturated carbocycles. The van der Waals surface area contributed by atoms with Gasteiger partial charge < -0.3 is 10.1 Å². The van der Waals surface area contributed by atoms with Gasteiger partial charge in [0.1, 0.15) is 11.6 Å². The molecule has 0 aromatic heterocycles. The number of rotatable bonds is 3. The molecule has 0 bridgehead atoms. The highest BCUT2D eigenvalue weighted by Crippen LogP contribution is 2.30. The number of ether oxygens (including phenoxy) is 1. The van der Waals surface area contributed by atoms with Gasteiger partial charge in [-0.3, -0.25) is 4.79 Å². The van der Waals surface area contributed by atoms with Crippen LogP contribution in [-0.4, -0.2) is 13.0 Å². The third-order valence-corrected chi connectivity index (χ3v) is 3.42. The molecule has 0 aliphatic carbocycles. The van der Waals surface area contributed by atoms with Gasteiger partial charge in [0.05, 0.1) is 28.4 Å². The van der Waals surface area contributed by atoms with Crippen LogP contribution in [0.5, 0.6) is 5.75 Å². The van der Waals surface area contributed by atoms with E-state index in [9.17, 15) is 9.18 Å². The molecule has 0 fully saturated rings. The van der Waals surface area contributed by atoms with E-state index in [1.54, 1.807) is 18.2 Å². The molecule has 0 radical (unpaired) electrons. The lowest BCUT2D eigenvalue weighted by Crippen LogP contribution is -2.13. The van der Waals surface area contributed by atoms with Crippen LogP contribution in [0.25, 0.3) is 0 Å². The summed E-state index contributed by atoms with van der Waals surface area (Å²) in [5, 5.41) is 3.10. The smallest absolute Gasteiger partial charge is 0.259 e. The summed E-state index contributed by atoms with van der Waals surface area (Å²) in [4.78, 5) is 12.2. The molecule has 1 N–H and O–H groups in total. The van der Waals surface area contributed by atoms with Crippen LogP contribution in [0, 0.1) is 5.82 Å². The van der Waals surface area contributed by atoms with Crippen molar-refractivity contribution in [3.63, 3.8) is 0 Å². The fourth-order valence-electron chi connectivity index (χ4n) is 1.65. The third kappa shape index (κ3) is 3.03. The van der Waals surface area contributed by atoms with Crippen molar-refractivity contribution in [2.45, 2.75) is 0 Å². The van der Waals surface area contributed by atoms with Crippen LogP contribution in [0.2, 0.25) is 10.0 Å². The minimum Gasteiger partial charge on any atom is -0.496 e. The van der Waals surface area contributed by atoms with E-state index in [2.05, 4.69) is 5.32 Å². The van der Waals surface area contributed by atoms with Gasteiger partial charge in [-0.05, 0) is 30.3 Å². The molecule has 3 nitrogen and oxygen atoms in total. The standard InChI is InChI=1S/C14H10Cl2FNO2/c1-20-12-6-5-8(17)7-9(12)14(19)18-11-4-2-3-10(15)13(11)16/h2-7H,1H3,(H,18,19). The monoisotopic (exact) mass is 313 g/mol. The molecule has 0 aliphatic heterocycles. The fraction of sp³-hybridized carbons (Fsp3) is 0.0714. The van der Waals surface area contributed by atoms with Gasteiger partial charge in [0.25, 0.3) is 5.91 Å². The van der Waals surface area contributed by atoms with Crippen molar-refractivity contribution >= 4 is 34.8 Å². The first kappa shape index (κ1) is 14.6. The van der Waals surface area contributed by atoms with Crippen molar-refractivity contribution in [2.75, 3.05) is 12.4 Å². The Morgan fingerprint density at radius 1 is 1.25 bits per heavy atom. The lowest BCUT2D eigenvalue weighted by Gasteiger charge is -2.11. The van der Waals surface area contributed by atoms with E-state index in [4.69, 9.17) is 27.9 Å². The SMILES string of the molecule is COc1ccc(F)cc1C(=O)Nc1cccc(Cl)c1Cl. The molecule has 0 heterocycles. The minimum absolute atomic E-state index is 0.0727. The summed E-state index contributed by atoms with van der Waals surface area (Å²) >= 11 is 11.8. The lowest BCUT2D eigenvalue weighted by molar-refractivity contribution is 0.102. The Labute approximate surface area is 125 Å². The van der Waals surface area contributed by atoms with Gasteiger partial charge in [0, 0.05) is 0 Å². The number of amides is 1. The topological polar surface area (TPSA) is 38.3 Å². The van der Waals surface area contributed by atoms with Gasteiger partial charge in [-0.25, -0.2) is 4.39 Å². The average molecular weight is 314 g/mol. The Hall–Kier alpha value is -1.78. The Balaban J connectivity index is 2.33. The van der Waals surface area contributed by atoms with Gasteiger partial charge in [-0.2, -0.15) is 0 Å². The van der Waals surface area contributed by atoms with E-state index < -0.39 is 11.7 Å². The number of anilines is 1. The molecule has 2 aromatic rings. The van der Waals surface area contributed by atoms with Crippen molar-refractivity contribution < 1.29 is 13.9 Å². The molecule has 20 heavy (non-hydrogen) atoms. The number of hydrogen-bond acceptors (Lipinski definition) is 2. The summed E-state index contributed by atoms with van der Waals surface area (Å²) in [6, 6.07) is 8.52. The predicted molar refractivity (Wildman–Crippen MR) is 77.4 cm³/mol. The molecule has 2 aromatic carbocycles.